The van der Waals surface area contributed by atoms with E-state index in [1.807, 2.05) is 0 Å². The van der Waals surface area contributed by atoms with E-state index in [0.717, 1.165) is 12.0 Å². The minimum absolute atomic E-state index is 0.500. The van der Waals surface area contributed by atoms with Gasteiger partial charge in [-0.15, -0.1) is 0 Å². The molecular weight excluding hydrogens is 220 g/mol. The highest BCUT2D eigenvalue weighted by atomic mass is 15.3. The van der Waals surface area contributed by atoms with Gasteiger partial charge in [0.1, 0.15) is 0 Å². The van der Waals surface area contributed by atoms with E-state index in [4.69, 9.17) is 0 Å². The van der Waals surface area contributed by atoms with Gasteiger partial charge in [-0.3, -0.25) is 4.90 Å². The summed E-state index contributed by atoms with van der Waals surface area (Å²) in [5, 5.41) is 3.84. The Morgan fingerprint density at radius 2 is 1.89 bits per heavy atom. The molecule has 1 heterocycles. The van der Waals surface area contributed by atoms with Gasteiger partial charge in [0.15, 0.2) is 0 Å². The molecule has 1 aliphatic carbocycles. The summed E-state index contributed by atoms with van der Waals surface area (Å²) in [6.07, 6.45) is 8.37. The third kappa shape index (κ3) is 2.75. The molecule has 0 aromatic carbocycles. The highest BCUT2D eigenvalue weighted by Crippen LogP contribution is 2.39. The molecule has 0 bridgehead atoms. The zero-order valence-electron chi connectivity index (χ0n) is 12.8. The molecule has 1 saturated heterocycles. The minimum Gasteiger partial charge on any atom is -0.311 e. The van der Waals surface area contributed by atoms with Crippen LogP contribution in [0.1, 0.15) is 66.2 Å². The molecule has 1 N–H and O–H groups in total. The van der Waals surface area contributed by atoms with Gasteiger partial charge in [0.25, 0.3) is 0 Å². The predicted octanol–water partition coefficient (Wildman–Crippen LogP) is 3.42. The summed E-state index contributed by atoms with van der Waals surface area (Å²) in [4.78, 5) is 2.88. The molecule has 2 atom stereocenters. The van der Waals surface area contributed by atoms with Gasteiger partial charge in [0.2, 0.25) is 0 Å². The molecule has 0 amide bonds. The summed E-state index contributed by atoms with van der Waals surface area (Å²) < 4.78 is 0. The third-order valence-electron chi connectivity index (χ3n) is 5.27. The molecule has 2 aliphatic rings. The van der Waals surface area contributed by atoms with Gasteiger partial charge >= 0.3 is 0 Å². The smallest absolute Gasteiger partial charge is 0.0337 e. The van der Waals surface area contributed by atoms with Crippen LogP contribution in [0.15, 0.2) is 0 Å². The Kier molecular flexibility index (Phi) is 4.71. The predicted molar refractivity (Wildman–Crippen MR) is 78.9 cm³/mol. The van der Waals surface area contributed by atoms with Crippen LogP contribution in [0.5, 0.6) is 0 Å². The molecular formula is C16H32N2. The lowest BCUT2D eigenvalue weighted by atomic mass is 9.86. The topological polar surface area (TPSA) is 15.3 Å². The summed E-state index contributed by atoms with van der Waals surface area (Å²) in [6, 6.07) is 1.45. The van der Waals surface area contributed by atoms with Gasteiger partial charge in [-0.1, -0.05) is 40.0 Å². The molecule has 0 aromatic heterocycles. The van der Waals surface area contributed by atoms with Crippen molar-refractivity contribution in [2.45, 2.75) is 83.8 Å². The summed E-state index contributed by atoms with van der Waals surface area (Å²) >= 11 is 0. The fourth-order valence-electron chi connectivity index (χ4n) is 4.06. The highest BCUT2D eigenvalue weighted by molar-refractivity contribution is 5.03. The molecule has 2 heteroatoms. The molecule has 106 valence electrons. The second kappa shape index (κ2) is 5.92. The molecule has 0 radical (unpaired) electrons. The lowest BCUT2D eigenvalue weighted by Crippen LogP contribution is -2.66. The van der Waals surface area contributed by atoms with Gasteiger partial charge in [-0.25, -0.2) is 0 Å². The van der Waals surface area contributed by atoms with Crippen LogP contribution in [-0.2, 0) is 0 Å². The van der Waals surface area contributed by atoms with Gasteiger partial charge in [0, 0.05) is 30.7 Å². The maximum absolute atomic E-state index is 3.84. The second-order valence-corrected chi connectivity index (χ2v) is 6.95. The molecule has 1 spiro atoms. The van der Waals surface area contributed by atoms with E-state index in [2.05, 4.69) is 37.9 Å². The van der Waals surface area contributed by atoms with Gasteiger partial charge in [-0.2, -0.15) is 0 Å². The fraction of sp³-hybridized carbons (Fsp3) is 1.00. The quantitative estimate of drug-likeness (QED) is 0.825. The average molecular weight is 252 g/mol. The number of hydrogen-bond donors (Lipinski definition) is 1. The molecule has 1 saturated carbocycles. The van der Waals surface area contributed by atoms with Crippen LogP contribution >= 0.6 is 0 Å². The third-order valence-corrected chi connectivity index (χ3v) is 5.27. The van der Waals surface area contributed by atoms with Crippen LogP contribution in [0.3, 0.4) is 0 Å². The largest absolute Gasteiger partial charge is 0.311 e. The first-order chi connectivity index (χ1) is 8.59. The van der Waals surface area contributed by atoms with E-state index in [9.17, 15) is 0 Å². The number of hydrogen-bond acceptors (Lipinski definition) is 2. The van der Waals surface area contributed by atoms with E-state index in [1.54, 1.807) is 0 Å². The zero-order valence-corrected chi connectivity index (χ0v) is 12.8. The lowest BCUT2D eigenvalue weighted by Gasteiger charge is -2.52. The van der Waals surface area contributed by atoms with Crippen molar-refractivity contribution in [3.05, 3.63) is 0 Å². The first kappa shape index (κ1) is 14.3. The average Bonchev–Trinajstić information content (AvgIpc) is 2.78. The Bertz CT molecular complexity index is 256. The van der Waals surface area contributed by atoms with Crippen molar-refractivity contribution in [1.82, 2.24) is 10.2 Å². The molecule has 2 unspecified atom stereocenters. The Morgan fingerprint density at radius 1 is 1.22 bits per heavy atom. The maximum atomic E-state index is 3.84. The van der Waals surface area contributed by atoms with Crippen LogP contribution in [0.25, 0.3) is 0 Å². The van der Waals surface area contributed by atoms with E-state index in [-0.39, 0.29) is 0 Å². The van der Waals surface area contributed by atoms with Crippen LogP contribution in [0.4, 0.5) is 0 Å². The molecule has 2 nitrogen and oxygen atoms in total. The van der Waals surface area contributed by atoms with Crippen molar-refractivity contribution in [2.75, 3.05) is 13.1 Å². The van der Waals surface area contributed by atoms with Crippen molar-refractivity contribution in [1.29, 1.82) is 0 Å². The van der Waals surface area contributed by atoms with Crippen molar-refractivity contribution >= 4 is 0 Å². The van der Waals surface area contributed by atoms with Gasteiger partial charge in [-0.05, 0) is 32.1 Å². The number of nitrogens with one attached hydrogen (secondary N) is 1. The van der Waals surface area contributed by atoms with Crippen LogP contribution in [0.2, 0.25) is 0 Å². The van der Waals surface area contributed by atoms with Crippen molar-refractivity contribution < 1.29 is 0 Å². The number of piperazine rings is 1. The maximum Gasteiger partial charge on any atom is 0.0337 e. The normalized spacial score (nSPS) is 30.2. The highest BCUT2D eigenvalue weighted by Gasteiger charge is 2.45. The van der Waals surface area contributed by atoms with Gasteiger partial charge in [0.05, 0.1) is 0 Å². The van der Waals surface area contributed by atoms with Crippen molar-refractivity contribution in [3.8, 4) is 0 Å². The van der Waals surface area contributed by atoms with Gasteiger partial charge < -0.3 is 5.32 Å². The Labute approximate surface area is 114 Å². The van der Waals surface area contributed by atoms with Crippen molar-refractivity contribution in [3.63, 3.8) is 0 Å². The molecule has 18 heavy (non-hydrogen) atoms. The Balaban J connectivity index is 2.10. The Hall–Kier alpha value is -0.0800. The summed E-state index contributed by atoms with van der Waals surface area (Å²) in [7, 11) is 0. The number of rotatable bonds is 4. The monoisotopic (exact) mass is 252 g/mol. The molecule has 2 rings (SSSR count). The van der Waals surface area contributed by atoms with Crippen LogP contribution in [0, 0.1) is 5.92 Å². The zero-order chi connectivity index (χ0) is 13.2. The van der Waals surface area contributed by atoms with E-state index < -0.39 is 0 Å². The van der Waals surface area contributed by atoms with E-state index in [1.165, 1.54) is 51.6 Å². The SMILES string of the molecule is CCCC(C)N1CC(C(C)C)NCC12CCCC2. The molecule has 1 aliphatic heterocycles. The first-order valence-electron chi connectivity index (χ1n) is 8.09. The summed E-state index contributed by atoms with van der Waals surface area (Å²) in [6.45, 7) is 12.0. The van der Waals surface area contributed by atoms with Crippen LogP contribution < -0.4 is 5.32 Å². The van der Waals surface area contributed by atoms with Crippen molar-refractivity contribution in [2.24, 2.45) is 5.92 Å². The Morgan fingerprint density at radius 3 is 2.44 bits per heavy atom. The summed E-state index contributed by atoms with van der Waals surface area (Å²) in [5.74, 6) is 0.750. The minimum atomic E-state index is 0.500. The number of nitrogens with zero attached hydrogens (tertiary/aromatic N) is 1. The fourth-order valence-corrected chi connectivity index (χ4v) is 4.06. The standard InChI is InChI=1S/C16H32N2/c1-5-8-14(4)18-11-15(13(2)3)17-12-16(18)9-6-7-10-16/h13-15,17H,5-12H2,1-4H3. The summed E-state index contributed by atoms with van der Waals surface area (Å²) in [5.41, 5.74) is 0.500. The molecule has 2 fully saturated rings. The first-order valence-corrected chi connectivity index (χ1v) is 8.09. The second-order valence-electron chi connectivity index (χ2n) is 6.95. The molecule has 0 aromatic rings. The van der Waals surface area contributed by atoms with E-state index in [0.29, 0.717) is 11.6 Å². The van der Waals surface area contributed by atoms with Crippen LogP contribution in [-0.4, -0.2) is 35.6 Å². The lowest BCUT2D eigenvalue weighted by molar-refractivity contribution is -0.000202. The van der Waals surface area contributed by atoms with E-state index >= 15 is 0 Å².